The summed E-state index contributed by atoms with van der Waals surface area (Å²) in [4.78, 5) is 47.1. The van der Waals surface area contributed by atoms with Gasteiger partial charge >= 0.3 is 0 Å². The number of nitrogens with one attached hydrogen (secondary N) is 6. The predicted molar refractivity (Wildman–Crippen MR) is 157 cm³/mol. The fraction of sp³-hybridized carbons (Fsp3) is 0.182. The average Bonchev–Trinajstić information content (AvgIpc) is 3.61. The minimum absolute atomic E-state index is 0.183. The summed E-state index contributed by atoms with van der Waals surface area (Å²) >= 11 is 13.6. The topological polar surface area (TPSA) is 199 Å². The number of rotatable bonds is 6. The summed E-state index contributed by atoms with van der Waals surface area (Å²) in [6.45, 7) is 0.584. The molecule has 5 aromatic rings. The molecule has 0 radical (unpaired) electrons. The molecule has 2 atom stereocenters. The van der Waals surface area contributed by atoms with Crippen LogP contribution in [0.2, 0.25) is 0 Å². The lowest BCUT2D eigenvalue weighted by Gasteiger charge is -2.40. The number of imidazole rings is 2. The Labute approximate surface area is 247 Å². The molecule has 0 bridgehead atoms. The maximum absolute atomic E-state index is 13.0. The molecule has 0 spiro atoms. The lowest BCUT2D eigenvalue weighted by atomic mass is 9.66. The van der Waals surface area contributed by atoms with Crippen molar-refractivity contribution in [2.24, 2.45) is 0 Å². The van der Waals surface area contributed by atoms with Crippen LogP contribution in [-0.4, -0.2) is 54.8 Å². The zero-order valence-corrected chi connectivity index (χ0v) is 25.4. The van der Waals surface area contributed by atoms with Gasteiger partial charge in [-0.2, -0.15) is 0 Å². The van der Waals surface area contributed by atoms with Gasteiger partial charge in [0.1, 0.15) is 11.4 Å². The van der Waals surface area contributed by atoms with E-state index in [1.807, 2.05) is 0 Å². The highest BCUT2D eigenvalue weighted by atomic mass is 79.9. The molecule has 10 N–H and O–H groups in total. The third kappa shape index (κ3) is 3.96. The smallest absolute Gasteiger partial charge is 0.268 e. The van der Waals surface area contributed by atoms with Gasteiger partial charge in [-0.05, 0) is 74.8 Å². The molecule has 0 aliphatic heterocycles. The molecule has 0 saturated heterocycles. The largest absolute Gasteiger partial charge is 0.369 e. The van der Waals surface area contributed by atoms with Crippen LogP contribution in [0.15, 0.2) is 30.3 Å². The first-order valence-electron chi connectivity index (χ1n) is 11.2. The predicted octanol–water partition coefficient (Wildman–Crippen LogP) is 4.35. The van der Waals surface area contributed by atoms with Gasteiger partial charge < -0.3 is 42.0 Å². The van der Waals surface area contributed by atoms with Crippen molar-refractivity contribution < 1.29 is 9.59 Å². The molecule has 6 rings (SSSR count). The van der Waals surface area contributed by atoms with Crippen molar-refractivity contribution in [1.82, 2.24) is 40.5 Å². The number of halogens is 4. The minimum atomic E-state index is -0.276. The van der Waals surface area contributed by atoms with Crippen molar-refractivity contribution in [2.45, 2.75) is 11.8 Å². The fourth-order valence-corrected chi connectivity index (χ4v) is 6.45. The van der Waals surface area contributed by atoms with Crippen molar-refractivity contribution in [2.75, 3.05) is 24.6 Å². The number of fused-ring (bicyclic) bond motifs is 6. The van der Waals surface area contributed by atoms with Gasteiger partial charge in [-0.3, -0.25) is 9.59 Å². The number of benzene rings is 1. The summed E-state index contributed by atoms with van der Waals surface area (Å²) in [5.41, 5.74) is 17.4. The number of carbonyl (C=O) groups is 2. The summed E-state index contributed by atoms with van der Waals surface area (Å²) in [5, 5.41) is 6.01. The maximum atomic E-state index is 13.0. The van der Waals surface area contributed by atoms with Gasteiger partial charge in [0.15, 0.2) is 11.9 Å². The number of aromatic amines is 4. The molecule has 1 aromatic carbocycles. The number of hydrogen-bond donors (Lipinski definition) is 8. The van der Waals surface area contributed by atoms with Gasteiger partial charge in [-0.1, -0.05) is 0 Å². The number of H-pyrrole nitrogens is 4. The Morgan fingerprint density at radius 2 is 1.16 bits per heavy atom. The summed E-state index contributed by atoms with van der Waals surface area (Å²) < 4.78 is 2.75. The Morgan fingerprint density at radius 3 is 1.50 bits per heavy atom. The first-order valence-corrected chi connectivity index (χ1v) is 14.4. The van der Waals surface area contributed by atoms with E-state index in [4.69, 9.17) is 11.5 Å². The van der Waals surface area contributed by atoms with Crippen molar-refractivity contribution in [1.29, 1.82) is 0 Å². The molecule has 0 saturated carbocycles. The molecule has 4 heterocycles. The number of carbonyl (C=O) groups excluding carboxylic acids is 2. The second-order valence-corrected chi connectivity index (χ2v) is 12.1. The standard InChI is InChI=1S/C22H18Br4N10O2/c23-7-3-29-15(11(7)25)19(37)31-1-5-6(2-32-20(38)16-12(26)8(24)4-30-16)10-9(5)13-17(35-21(27)33-13)18-14(10)34-22(28)36-18/h3-6,29-30H,1-2H2,(H,31,37)(H,32,38)(H3,27,33,35)(H3,28,34,36)/t5-,6-/m1/s1. The molecule has 196 valence electrons. The zero-order valence-electron chi connectivity index (χ0n) is 19.1. The van der Waals surface area contributed by atoms with Crippen LogP contribution >= 0.6 is 63.7 Å². The Bertz CT molecular complexity index is 1640. The van der Waals surface area contributed by atoms with Gasteiger partial charge in [0.05, 0.1) is 40.0 Å². The van der Waals surface area contributed by atoms with Gasteiger partial charge in [-0.25, -0.2) is 9.97 Å². The third-order valence-corrected chi connectivity index (χ3v) is 10.6. The van der Waals surface area contributed by atoms with Crippen LogP contribution in [-0.2, 0) is 0 Å². The molecular formula is C22H18Br4N10O2. The van der Waals surface area contributed by atoms with E-state index >= 15 is 0 Å². The van der Waals surface area contributed by atoms with E-state index in [9.17, 15) is 9.59 Å². The number of nitrogen functional groups attached to an aromatic ring is 2. The maximum Gasteiger partial charge on any atom is 0.268 e. The van der Waals surface area contributed by atoms with Crippen molar-refractivity contribution >= 4 is 109 Å². The molecule has 1 aliphatic rings. The first kappa shape index (κ1) is 25.5. The van der Waals surface area contributed by atoms with Crippen LogP contribution in [0.1, 0.15) is 43.9 Å². The number of aromatic nitrogens is 6. The number of nitrogens with two attached hydrogens (primary N) is 2. The van der Waals surface area contributed by atoms with Crippen LogP contribution in [0.25, 0.3) is 22.1 Å². The molecule has 0 fully saturated rings. The monoisotopic (exact) mass is 770 g/mol. The minimum Gasteiger partial charge on any atom is -0.369 e. The summed E-state index contributed by atoms with van der Waals surface area (Å²) in [5.74, 6) is -0.409. The van der Waals surface area contributed by atoms with Gasteiger partial charge in [-0.15, -0.1) is 0 Å². The van der Waals surface area contributed by atoms with Crippen LogP contribution in [0.4, 0.5) is 11.9 Å². The molecule has 16 heteroatoms. The lowest BCUT2D eigenvalue weighted by molar-refractivity contribution is 0.0926. The third-order valence-electron chi connectivity index (χ3n) is 6.69. The van der Waals surface area contributed by atoms with Gasteiger partial charge in [0.25, 0.3) is 11.8 Å². The SMILES string of the molecule is Nc1nc2c3c(c4nc(N)[nH]c4c2[nH]1)[C@H](CNC(=O)c1[nH]cc(Br)c1Br)[C@H]3CNC(=O)c1[nH]cc(Br)c1Br. The Balaban J connectivity index is 1.36. The van der Waals surface area contributed by atoms with Gasteiger partial charge in [0.2, 0.25) is 0 Å². The van der Waals surface area contributed by atoms with E-state index in [2.05, 4.69) is 104 Å². The summed E-state index contributed by atoms with van der Waals surface area (Å²) in [6, 6.07) is 0. The highest BCUT2D eigenvalue weighted by Gasteiger charge is 2.43. The van der Waals surface area contributed by atoms with Crippen LogP contribution in [0, 0.1) is 0 Å². The average molecular weight is 774 g/mol. The molecule has 38 heavy (non-hydrogen) atoms. The van der Waals surface area contributed by atoms with E-state index in [-0.39, 0.29) is 35.5 Å². The Morgan fingerprint density at radius 1 is 0.763 bits per heavy atom. The normalized spacial score (nSPS) is 16.5. The second kappa shape index (κ2) is 9.43. The molecule has 2 amide bonds. The van der Waals surface area contributed by atoms with E-state index in [0.29, 0.717) is 55.5 Å². The Kier molecular flexibility index (Phi) is 6.32. The molecule has 4 aromatic heterocycles. The van der Waals surface area contributed by atoms with E-state index in [1.54, 1.807) is 12.4 Å². The molecule has 0 unspecified atom stereocenters. The quantitative estimate of drug-likeness (QED) is 0.126. The van der Waals surface area contributed by atoms with Gasteiger partial charge in [0, 0.05) is 37.3 Å². The highest BCUT2D eigenvalue weighted by molar-refractivity contribution is 9.13. The highest BCUT2D eigenvalue weighted by Crippen LogP contribution is 2.52. The zero-order chi connectivity index (χ0) is 26.9. The van der Waals surface area contributed by atoms with Crippen molar-refractivity contribution in [3.8, 4) is 0 Å². The molecular weight excluding hydrogens is 756 g/mol. The van der Waals surface area contributed by atoms with Crippen LogP contribution < -0.4 is 22.1 Å². The first-order chi connectivity index (χ1) is 18.2. The molecule has 1 aliphatic carbocycles. The van der Waals surface area contributed by atoms with Crippen molar-refractivity contribution in [3.05, 3.63) is 52.8 Å². The lowest BCUT2D eigenvalue weighted by Crippen LogP contribution is -2.42. The Hall–Kier alpha value is -2.82. The number of hydrogen-bond acceptors (Lipinski definition) is 6. The van der Waals surface area contributed by atoms with E-state index in [1.165, 1.54) is 0 Å². The van der Waals surface area contributed by atoms with Crippen molar-refractivity contribution in [3.63, 3.8) is 0 Å². The van der Waals surface area contributed by atoms with E-state index < -0.39 is 0 Å². The van der Waals surface area contributed by atoms with Crippen LogP contribution in [0.5, 0.6) is 0 Å². The van der Waals surface area contributed by atoms with Crippen LogP contribution in [0.3, 0.4) is 0 Å². The number of anilines is 2. The number of nitrogens with zero attached hydrogens (tertiary/aromatic N) is 2. The molecule has 12 nitrogen and oxygen atoms in total. The number of amides is 2. The second-order valence-electron chi connectivity index (χ2n) is 8.80. The summed E-state index contributed by atoms with van der Waals surface area (Å²) in [6.07, 6.45) is 3.36. The summed E-state index contributed by atoms with van der Waals surface area (Å²) in [7, 11) is 0. The fourth-order valence-electron chi connectivity index (χ4n) is 5.01. The van der Waals surface area contributed by atoms with E-state index in [0.717, 1.165) is 20.1 Å².